The highest BCUT2D eigenvalue weighted by molar-refractivity contribution is 5.84. The van der Waals surface area contributed by atoms with Crippen molar-refractivity contribution in [2.45, 2.75) is 38.0 Å². The van der Waals surface area contributed by atoms with Crippen LogP contribution in [0.15, 0.2) is 54.6 Å². The van der Waals surface area contributed by atoms with Gasteiger partial charge < -0.3 is 15.6 Å². The Hall–Kier alpha value is -3.02. The molecule has 3 rings (SSSR count). The minimum atomic E-state index is -1.13. The van der Waals surface area contributed by atoms with Crippen molar-refractivity contribution in [3.05, 3.63) is 65.7 Å². The van der Waals surface area contributed by atoms with Gasteiger partial charge >= 0.3 is 6.09 Å². The Morgan fingerprint density at radius 3 is 2.35 bits per heavy atom. The van der Waals surface area contributed by atoms with Crippen molar-refractivity contribution in [2.24, 2.45) is 5.73 Å². The maximum atomic E-state index is 11.6. The Balaban J connectivity index is 1.73. The molecule has 1 aliphatic rings. The van der Waals surface area contributed by atoms with E-state index in [1.165, 1.54) is 0 Å². The molecule has 0 aliphatic carbocycles. The fourth-order valence-electron chi connectivity index (χ4n) is 3.45. The van der Waals surface area contributed by atoms with Crippen LogP contribution >= 0.6 is 0 Å². The van der Waals surface area contributed by atoms with Gasteiger partial charge in [-0.1, -0.05) is 42.5 Å². The van der Waals surface area contributed by atoms with Gasteiger partial charge in [0.05, 0.1) is 6.04 Å². The molecule has 3 atom stereocenters. The Labute approximate surface area is 152 Å². The van der Waals surface area contributed by atoms with Crippen LogP contribution in [0.4, 0.5) is 4.79 Å². The van der Waals surface area contributed by atoms with E-state index >= 15 is 0 Å². The van der Waals surface area contributed by atoms with Crippen molar-refractivity contribution in [1.82, 2.24) is 4.90 Å². The van der Waals surface area contributed by atoms with Crippen molar-refractivity contribution >= 4 is 12.0 Å². The van der Waals surface area contributed by atoms with Crippen LogP contribution in [0.2, 0.25) is 0 Å². The molecule has 3 N–H and O–H groups in total. The maximum absolute atomic E-state index is 11.6. The van der Waals surface area contributed by atoms with E-state index in [4.69, 9.17) is 10.5 Å². The van der Waals surface area contributed by atoms with Crippen molar-refractivity contribution < 1.29 is 19.4 Å². The van der Waals surface area contributed by atoms with Crippen LogP contribution in [0.3, 0.4) is 0 Å². The zero-order valence-corrected chi connectivity index (χ0v) is 14.5. The van der Waals surface area contributed by atoms with Gasteiger partial charge in [0, 0.05) is 0 Å². The third-order valence-corrected chi connectivity index (χ3v) is 4.78. The Kier molecular flexibility index (Phi) is 5.11. The van der Waals surface area contributed by atoms with Crippen LogP contribution in [0, 0.1) is 0 Å². The summed E-state index contributed by atoms with van der Waals surface area (Å²) in [6.45, 7) is 1.98. The van der Waals surface area contributed by atoms with Gasteiger partial charge in [-0.25, -0.2) is 4.79 Å². The first-order valence-electron chi connectivity index (χ1n) is 8.59. The molecule has 136 valence electrons. The molecule has 0 saturated carbocycles. The second-order valence-corrected chi connectivity index (χ2v) is 6.44. The van der Waals surface area contributed by atoms with E-state index in [0.717, 1.165) is 16.0 Å². The molecule has 0 radical (unpaired) electrons. The number of benzene rings is 2. The average Bonchev–Trinajstić information content (AvgIpc) is 3.09. The highest BCUT2D eigenvalue weighted by Gasteiger charge is 2.40. The summed E-state index contributed by atoms with van der Waals surface area (Å²) < 4.78 is 5.95. The molecule has 2 aromatic rings. The van der Waals surface area contributed by atoms with Gasteiger partial charge in [0.25, 0.3) is 0 Å². The maximum Gasteiger partial charge on any atom is 0.408 e. The van der Waals surface area contributed by atoms with E-state index in [9.17, 15) is 14.7 Å². The smallest absolute Gasteiger partial charge is 0.408 e. The summed E-state index contributed by atoms with van der Waals surface area (Å²) in [5.41, 5.74) is 7.24. The first kappa shape index (κ1) is 17.8. The molecule has 0 aromatic heterocycles. The molecule has 1 saturated heterocycles. The average molecular weight is 354 g/mol. The molecular formula is C20H22N2O4. The zero-order chi connectivity index (χ0) is 18.7. The topological polar surface area (TPSA) is 92.9 Å². The number of rotatable bonds is 5. The van der Waals surface area contributed by atoms with Crippen molar-refractivity contribution in [2.75, 3.05) is 0 Å². The highest BCUT2D eigenvalue weighted by Crippen LogP contribution is 2.37. The summed E-state index contributed by atoms with van der Waals surface area (Å²) in [6.07, 6.45) is -0.214. The number of primary amides is 1. The molecule has 1 fully saturated rings. The van der Waals surface area contributed by atoms with E-state index in [0.29, 0.717) is 18.6 Å². The van der Waals surface area contributed by atoms with Gasteiger partial charge in [-0.05, 0) is 43.0 Å². The number of carbonyl (C=O) groups is 2. The van der Waals surface area contributed by atoms with E-state index in [1.807, 2.05) is 61.5 Å². The molecule has 0 unspecified atom stereocenters. The molecule has 1 aliphatic heterocycles. The predicted octanol–water partition coefficient (Wildman–Crippen LogP) is 3.50. The van der Waals surface area contributed by atoms with Crippen LogP contribution in [-0.2, 0) is 4.79 Å². The van der Waals surface area contributed by atoms with Gasteiger partial charge in [-0.3, -0.25) is 9.69 Å². The normalized spacial score (nSPS) is 20.6. The molecule has 2 amide bonds. The fourth-order valence-corrected chi connectivity index (χ4v) is 3.45. The van der Waals surface area contributed by atoms with Gasteiger partial charge in [0.2, 0.25) is 5.91 Å². The Morgan fingerprint density at radius 2 is 1.77 bits per heavy atom. The van der Waals surface area contributed by atoms with Crippen LogP contribution < -0.4 is 10.5 Å². The summed E-state index contributed by atoms with van der Waals surface area (Å²) in [5, 5.41) is 9.46. The lowest BCUT2D eigenvalue weighted by molar-refractivity contribution is -0.122. The molecular weight excluding hydrogens is 332 g/mol. The van der Waals surface area contributed by atoms with E-state index in [-0.39, 0.29) is 12.1 Å². The van der Waals surface area contributed by atoms with Crippen LogP contribution in [0.5, 0.6) is 5.75 Å². The third kappa shape index (κ3) is 3.64. The number of hydrogen-bond donors (Lipinski definition) is 2. The first-order valence-corrected chi connectivity index (χ1v) is 8.59. The quantitative estimate of drug-likeness (QED) is 0.859. The molecule has 6 heteroatoms. The summed E-state index contributed by atoms with van der Waals surface area (Å²) >= 11 is 0. The van der Waals surface area contributed by atoms with Gasteiger partial charge in [0.1, 0.15) is 17.9 Å². The SMILES string of the molecule is C[C@@H](Oc1ccc([C@H]2CC[C@@H](C(N)=O)N2C(=O)O)cc1)c1ccccc1. The molecule has 1 heterocycles. The third-order valence-electron chi connectivity index (χ3n) is 4.78. The number of likely N-dealkylation sites (tertiary alicyclic amines) is 1. The molecule has 0 spiro atoms. The monoisotopic (exact) mass is 354 g/mol. The number of nitrogens with two attached hydrogens (primary N) is 1. The van der Waals surface area contributed by atoms with Crippen LogP contribution in [0.1, 0.15) is 43.0 Å². The minimum Gasteiger partial charge on any atom is -0.486 e. The molecule has 0 bridgehead atoms. The van der Waals surface area contributed by atoms with Crippen molar-refractivity contribution in [3.8, 4) is 5.75 Å². The standard InChI is InChI=1S/C20H22N2O4/c1-13(14-5-3-2-4-6-14)26-16-9-7-15(8-10-16)17-11-12-18(19(21)23)22(17)20(24)25/h2-10,13,17-18H,11-12H2,1H3,(H2,21,23)(H,24,25)/t13-,17-,18+/m1/s1. The van der Waals surface area contributed by atoms with Gasteiger partial charge in [0.15, 0.2) is 0 Å². The zero-order valence-electron chi connectivity index (χ0n) is 14.5. The summed E-state index contributed by atoms with van der Waals surface area (Å²) in [7, 11) is 0. The summed E-state index contributed by atoms with van der Waals surface area (Å²) in [5.74, 6) is 0.1000. The number of carbonyl (C=O) groups excluding carboxylic acids is 1. The number of nitrogens with zero attached hydrogens (tertiary/aromatic N) is 1. The van der Waals surface area contributed by atoms with Gasteiger partial charge in [-0.2, -0.15) is 0 Å². The van der Waals surface area contributed by atoms with Gasteiger partial charge in [-0.15, -0.1) is 0 Å². The number of hydrogen-bond acceptors (Lipinski definition) is 3. The largest absolute Gasteiger partial charge is 0.486 e. The highest BCUT2D eigenvalue weighted by atomic mass is 16.5. The first-order chi connectivity index (χ1) is 12.5. The van der Waals surface area contributed by atoms with E-state index < -0.39 is 18.0 Å². The molecule has 26 heavy (non-hydrogen) atoms. The lowest BCUT2D eigenvalue weighted by atomic mass is 10.0. The lowest BCUT2D eigenvalue weighted by Crippen LogP contribution is -2.44. The molecule has 6 nitrogen and oxygen atoms in total. The second kappa shape index (κ2) is 7.47. The second-order valence-electron chi connectivity index (χ2n) is 6.44. The van der Waals surface area contributed by atoms with Crippen molar-refractivity contribution in [1.29, 1.82) is 0 Å². The number of ether oxygens (including phenoxy) is 1. The van der Waals surface area contributed by atoms with Crippen LogP contribution in [0.25, 0.3) is 0 Å². The van der Waals surface area contributed by atoms with Crippen LogP contribution in [-0.4, -0.2) is 28.0 Å². The van der Waals surface area contributed by atoms with E-state index in [2.05, 4.69) is 0 Å². The molecule has 2 aromatic carbocycles. The predicted molar refractivity (Wildman–Crippen MR) is 96.7 cm³/mol. The number of amides is 2. The van der Waals surface area contributed by atoms with E-state index in [1.54, 1.807) is 0 Å². The van der Waals surface area contributed by atoms with Crippen molar-refractivity contribution in [3.63, 3.8) is 0 Å². The minimum absolute atomic E-state index is 0.0942. The Bertz CT molecular complexity index is 776. The lowest BCUT2D eigenvalue weighted by Gasteiger charge is -2.26. The fraction of sp³-hybridized carbons (Fsp3) is 0.300. The Morgan fingerprint density at radius 1 is 1.12 bits per heavy atom. The number of carboxylic acid groups (broad SMARTS) is 1. The summed E-state index contributed by atoms with van der Waals surface area (Å²) in [6, 6.07) is 16.1. The summed E-state index contributed by atoms with van der Waals surface area (Å²) in [4.78, 5) is 24.2.